The Balaban J connectivity index is 3.84. The van der Waals surface area contributed by atoms with Gasteiger partial charge in [-0.25, -0.2) is 0 Å². The third-order valence-electron chi connectivity index (χ3n) is 1.19. The molecule has 6 heteroatoms. The van der Waals surface area contributed by atoms with Gasteiger partial charge in [0.15, 0.2) is 0 Å². The molecule has 0 spiro atoms. The molecule has 0 saturated heterocycles. The molecule has 0 aliphatic carbocycles. The van der Waals surface area contributed by atoms with E-state index < -0.39 is 17.9 Å². The van der Waals surface area contributed by atoms with Crippen LogP contribution in [0.2, 0.25) is 0 Å². The lowest BCUT2D eigenvalue weighted by Crippen LogP contribution is -2.44. The zero-order valence-electron chi connectivity index (χ0n) is 7.20. The molecule has 0 saturated carbocycles. The minimum Gasteiger partial charge on any atom is -0.394 e. The number of carbonyl (C=O) groups excluding carboxylic acids is 2. The van der Waals surface area contributed by atoms with Crippen LogP contribution in [-0.4, -0.2) is 36.1 Å². The Morgan fingerprint density at radius 3 is 2.62 bits per heavy atom. The maximum Gasteiger partial charge on any atom is 0.310 e. The van der Waals surface area contributed by atoms with Crippen LogP contribution in [0.25, 0.3) is 0 Å². The van der Waals surface area contributed by atoms with Crippen molar-refractivity contribution in [3.05, 3.63) is 0 Å². The molecule has 0 aromatic heterocycles. The highest BCUT2D eigenvalue weighted by Gasteiger charge is 2.14. The van der Waals surface area contributed by atoms with E-state index in [0.29, 0.717) is 0 Å². The number of nitriles is 1. The van der Waals surface area contributed by atoms with Crippen molar-refractivity contribution < 1.29 is 14.7 Å². The minimum absolute atomic E-state index is 0.209. The second kappa shape index (κ2) is 5.97. The Morgan fingerprint density at radius 1 is 1.54 bits per heavy atom. The molecule has 6 nitrogen and oxygen atoms in total. The molecule has 1 atom stereocenters. The number of nitrogens with zero attached hydrogens (tertiary/aromatic N) is 1. The smallest absolute Gasteiger partial charge is 0.310 e. The second-order valence-corrected chi connectivity index (χ2v) is 2.40. The van der Waals surface area contributed by atoms with E-state index in [1.807, 2.05) is 0 Å². The molecule has 0 aromatic rings. The molecule has 0 aromatic carbocycles. The first kappa shape index (κ1) is 11.4. The van der Waals surface area contributed by atoms with E-state index >= 15 is 0 Å². The predicted molar refractivity (Wildman–Crippen MR) is 43.3 cm³/mol. The summed E-state index contributed by atoms with van der Waals surface area (Å²) in [7, 11) is 0. The molecule has 0 rings (SSSR count). The van der Waals surface area contributed by atoms with Gasteiger partial charge >= 0.3 is 11.8 Å². The van der Waals surface area contributed by atoms with E-state index in [4.69, 9.17) is 10.4 Å². The summed E-state index contributed by atoms with van der Waals surface area (Å²) < 4.78 is 0. The quantitative estimate of drug-likeness (QED) is 0.354. The van der Waals surface area contributed by atoms with Crippen LogP contribution in [0.15, 0.2) is 0 Å². The fraction of sp³-hybridized carbons (Fsp3) is 0.571. The molecule has 0 aliphatic rings. The summed E-state index contributed by atoms with van der Waals surface area (Å²) in [6.07, 6.45) is 0. The Kier molecular flexibility index (Phi) is 5.23. The van der Waals surface area contributed by atoms with Gasteiger partial charge in [0.1, 0.15) is 6.54 Å². The van der Waals surface area contributed by atoms with E-state index in [9.17, 15) is 9.59 Å². The van der Waals surface area contributed by atoms with E-state index in [1.165, 1.54) is 0 Å². The summed E-state index contributed by atoms with van der Waals surface area (Å²) in [5, 5.41) is 20.9. The van der Waals surface area contributed by atoms with E-state index in [-0.39, 0.29) is 13.2 Å². The van der Waals surface area contributed by atoms with Crippen LogP contribution in [0, 0.1) is 11.3 Å². The van der Waals surface area contributed by atoms with Crippen LogP contribution >= 0.6 is 0 Å². The van der Waals surface area contributed by atoms with Crippen LogP contribution in [0.1, 0.15) is 6.92 Å². The highest BCUT2D eigenvalue weighted by atomic mass is 16.3. The van der Waals surface area contributed by atoms with Crippen molar-refractivity contribution in [2.45, 2.75) is 13.0 Å². The van der Waals surface area contributed by atoms with Gasteiger partial charge in [-0.2, -0.15) is 5.26 Å². The molecule has 13 heavy (non-hydrogen) atoms. The molecule has 1 unspecified atom stereocenters. The van der Waals surface area contributed by atoms with Crippen LogP contribution in [-0.2, 0) is 9.59 Å². The summed E-state index contributed by atoms with van der Waals surface area (Å²) in [5.74, 6) is -1.72. The fourth-order valence-corrected chi connectivity index (χ4v) is 0.535. The number of nitrogens with one attached hydrogen (secondary N) is 2. The topological polar surface area (TPSA) is 102 Å². The number of aliphatic hydroxyl groups is 1. The van der Waals surface area contributed by atoms with Crippen molar-refractivity contribution in [2.24, 2.45) is 0 Å². The highest BCUT2D eigenvalue weighted by molar-refractivity contribution is 6.35. The summed E-state index contributed by atoms with van der Waals surface area (Å²) in [5.41, 5.74) is 0. The normalized spacial score (nSPS) is 11.2. The van der Waals surface area contributed by atoms with Crippen LogP contribution in [0.5, 0.6) is 0 Å². The lowest BCUT2D eigenvalue weighted by atomic mass is 10.3. The van der Waals surface area contributed by atoms with Gasteiger partial charge in [-0.1, -0.05) is 0 Å². The Labute approximate surface area is 75.5 Å². The number of rotatable bonds is 3. The number of amides is 2. The van der Waals surface area contributed by atoms with Gasteiger partial charge < -0.3 is 15.7 Å². The fourth-order valence-electron chi connectivity index (χ4n) is 0.535. The van der Waals surface area contributed by atoms with Crippen molar-refractivity contribution in [1.82, 2.24) is 10.6 Å². The number of hydrogen-bond acceptors (Lipinski definition) is 4. The minimum atomic E-state index is -0.873. The molecule has 0 heterocycles. The van der Waals surface area contributed by atoms with Gasteiger partial charge in [-0.05, 0) is 6.92 Å². The number of carbonyl (C=O) groups is 2. The zero-order valence-corrected chi connectivity index (χ0v) is 7.20. The molecule has 3 N–H and O–H groups in total. The SMILES string of the molecule is CC(CO)NC(=O)C(=O)NCC#N. The standard InChI is InChI=1S/C7H11N3O3/c1-5(4-11)10-7(13)6(12)9-3-2-8/h5,11H,3-4H2,1H3,(H,9,12)(H,10,13). The Hall–Kier alpha value is -1.61. The average molecular weight is 185 g/mol. The zero-order chi connectivity index (χ0) is 10.3. The summed E-state index contributed by atoms with van der Waals surface area (Å²) in [4.78, 5) is 21.7. The third-order valence-corrected chi connectivity index (χ3v) is 1.19. The van der Waals surface area contributed by atoms with Crippen molar-refractivity contribution in [2.75, 3.05) is 13.2 Å². The van der Waals surface area contributed by atoms with Crippen LogP contribution in [0.3, 0.4) is 0 Å². The summed E-state index contributed by atoms with van der Waals surface area (Å²) in [6, 6.07) is 1.19. The van der Waals surface area contributed by atoms with Gasteiger partial charge in [0.05, 0.1) is 12.7 Å². The molecule has 0 bridgehead atoms. The molecule has 0 fully saturated rings. The van der Waals surface area contributed by atoms with Crippen LogP contribution < -0.4 is 10.6 Å². The monoisotopic (exact) mass is 185 g/mol. The lowest BCUT2D eigenvalue weighted by molar-refractivity contribution is -0.139. The molecular weight excluding hydrogens is 174 g/mol. The molecule has 2 amide bonds. The predicted octanol–water partition coefficient (Wildman–Crippen LogP) is -1.88. The molecule has 0 aliphatic heterocycles. The first-order valence-corrected chi connectivity index (χ1v) is 3.68. The number of aliphatic hydroxyl groups excluding tert-OH is 1. The molecular formula is C7H11N3O3. The van der Waals surface area contributed by atoms with Crippen molar-refractivity contribution >= 4 is 11.8 Å². The highest BCUT2D eigenvalue weighted by Crippen LogP contribution is 1.78. The third kappa shape index (κ3) is 4.76. The maximum atomic E-state index is 10.9. The second-order valence-electron chi connectivity index (χ2n) is 2.40. The average Bonchev–Trinajstić information content (AvgIpc) is 2.13. The van der Waals surface area contributed by atoms with Gasteiger partial charge in [-0.3, -0.25) is 9.59 Å². The Bertz CT molecular complexity index is 234. The molecule has 72 valence electrons. The van der Waals surface area contributed by atoms with Gasteiger partial charge in [0.25, 0.3) is 0 Å². The van der Waals surface area contributed by atoms with Crippen LogP contribution in [0.4, 0.5) is 0 Å². The van der Waals surface area contributed by atoms with E-state index in [0.717, 1.165) is 0 Å². The van der Waals surface area contributed by atoms with Crippen molar-refractivity contribution in [1.29, 1.82) is 5.26 Å². The van der Waals surface area contributed by atoms with Gasteiger partial charge in [-0.15, -0.1) is 0 Å². The summed E-state index contributed by atoms with van der Waals surface area (Å²) >= 11 is 0. The first-order valence-electron chi connectivity index (χ1n) is 3.68. The van der Waals surface area contributed by atoms with E-state index in [1.54, 1.807) is 13.0 Å². The summed E-state index contributed by atoms with van der Waals surface area (Å²) in [6.45, 7) is 1.10. The number of hydrogen-bond donors (Lipinski definition) is 3. The van der Waals surface area contributed by atoms with Gasteiger partial charge in [0.2, 0.25) is 0 Å². The first-order chi connectivity index (χ1) is 6.11. The van der Waals surface area contributed by atoms with Crippen molar-refractivity contribution in [3.8, 4) is 6.07 Å². The lowest BCUT2D eigenvalue weighted by Gasteiger charge is -2.09. The van der Waals surface area contributed by atoms with Gasteiger partial charge in [0, 0.05) is 6.04 Å². The van der Waals surface area contributed by atoms with E-state index in [2.05, 4.69) is 10.6 Å². The maximum absolute atomic E-state index is 10.9. The molecule has 0 radical (unpaired) electrons. The Morgan fingerprint density at radius 2 is 2.15 bits per heavy atom. The largest absolute Gasteiger partial charge is 0.394 e. The van der Waals surface area contributed by atoms with Crippen molar-refractivity contribution in [3.63, 3.8) is 0 Å².